The first kappa shape index (κ1) is 20.5. The second-order valence-electron chi connectivity index (χ2n) is 7.85. The van der Waals surface area contributed by atoms with Crippen molar-refractivity contribution in [2.75, 3.05) is 16.0 Å². The number of benzene rings is 3. The summed E-state index contributed by atoms with van der Waals surface area (Å²) in [5.74, 6) is 0.956. The van der Waals surface area contributed by atoms with Gasteiger partial charge in [0.2, 0.25) is 5.89 Å². The summed E-state index contributed by atoms with van der Waals surface area (Å²) in [6.45, 7) is 0. The SMILES string of the molecule is O=C(Nc1ccccc1)Nc1cccc(NC(=O)c2nc(-c3ccccc3)oc2C2CC2)c1. The zero-order chi connectivity index (χ0) is 22.6. The van der Waals surface area contributed by atoms with Crippen LogP contribution >= 0.6 is 0 Å². The molecule has 33 heavy (non-hydrogen) atoms. The number of nitrogens with one attached hydrogen (secondary N) is 3. The summed E-state index contributed by atoms with van der Waals surface area (Å²) in [5, 5.41) is 8.41. The molecule has 0 spiro atoms. The first-order chi connectivity index (χ1) is 16.2. The molecule has 0 radical (unpaired) electrons. The minimum Gasteiger partial charge on any atom is -0.440 e. The number of urea groups is 1. The lowest BCUT2D eigenvalue weighted by atomic mass is 10.2. The maximum absolute atomic E-state index is 13.1. The average Bonchev–Trinajstić information content (AvgIpc) is 3.58. The van der Waals surface area contributed by atoms with Crippen molar-refractivity contribution in [2.45, 2.75) is 18.8 Å². The van der Waals surface area contributed by atoms with Gasteiger partial charge in [0.15, 0.2) is 5.69 Å². The third kappa shape index (κ3) is 4.93. The standard InChI is InChI=1S/C26H22N4O3/c31-24(22-23(17-14-15-17)33-25(30-22)18-8-3-1-4-9-18)27-20-12-7-13-21(16-20)29-26(32)28-19-10-5-2-6-11-19/h1-13,16-17H,14-15H2,(H,27,31)(H2,28,29,32). The third-order valence-electron chi connectivity index (χ3n) is 5.25. The van der Waals surface area contributed by atoms with Crippen LogP contribution in [0.3, 0.4) is 0 Å². The Morgan fingerprint density at radius 1 is 0.758 bits per heavy atom. The molecular formula is C26H22N4O3. The maximum Gasteiger partial charge on any atom is 0.323 e. The first-order valence-electron chi connectivity index (χ1n) is 10.8. The van der Waals surface area contributed by atoms with Crippen molar-refractivity contribution in [3.05, 3.63) is 96.4 Å². The summed E-state index contributed by atoms with van der Waals surface area (Å²) in [5.41, 5.74) is 2.91. The van der Waals surface area contributed by atoms with Crippen molar-refractivity contribution in [1.82, 2.24) is 4.98 Å². The average molecular weight is 438 g/mol. The van der Waals surface area contributed by atoms with Crippen molar-refractivity contribution >= 4 is 29.0 Å². The number of rotatable bonds is 6. The molecular weight excluding hydrogens is 416 g/mol. The number of hydrogen-bond acceptors (Lipinski definition) is 4. The molecule has 3 amide bonds. The van der Waals surface area contributed by atoms with Crippen molar-refractivity contribution in [1.29, 1.82) is 0 Å². The molecule has 1 saturated carbocycles. The van der Waals surface area contributed by atoms with Gasteiger partial charge in [0.05, 0.1) is 0 Å². The van der Waals surface area contributed by atoms with Crippen LogP contribution in [0.2, 0.25) is 0 Å². The monoisotopic (exact) mass is 438 g/mol. The number of hydrogen-bond donors (Lipinski definition) is 3. The smallest absolute Gasteiger partial charge is 0.323 e. The predicted molar refractivity (Wildman–Crippen MR) is 127 cm³/mol. The number of oxazole rings is 1. The molecule has 1 heterocycles. The fraction of sp³-hybridized carbons (Fsp3) is 0.115. The van der Waals surface area contributed by atoms with E-state index in [4.69, 9.17) is 4.42 Å². The summed E-state index contributed by atoms with van der Waals surface area (Å²) in [4.78, 5) is 29.8. The van der Waals surface area contributed by atoms with E-state index in [0.717, 1.165) is 18.4 Å². The van der Waals surface area contributed by atoms with Gasteiger partial charge >= 0.3 is 6.03 Å². The summed E-state index contributed by atoms with van der Waals surface area (Å²) < 4.78 is 5.98. The Morgan fingerprint density at radius 2 is 1.36 bits per heavy atom. The van der Waals surface area contributed by atoms with E-state index >= 15 is 0 Å². The molecule has 7 heteroatoms. The van der Waals surface area contributed by atoms with Gasteiger partial charge in [-0.25, -0.2) is 9.78 Å². The van der Waals surface area contributed by atoms with Crippen LogP contribution in [-0.2, 0) is 0 Å². The Labute approximate surface area is 190 Å². The zero-order valence-electron chi connectivity index (χ0n) is 17.7. The molecule has 1 aliphatic carbocycles. The van der Waals surface area contributed by atoms with Crippen LogP contribution in [0.25, 0.3) is 11.5 Å². The maximum atomic E-state index is 13.1. The molecule has 164 valence electrons. The molecule has 4 aromatic rings. The van der Waals surface area contributed by atoms with E-state index in [1.54, 1.807) is 36.4 Å². The Bertz CT molecular complexity index is 1280. The van der Waals surface area contributed by atoms with Gasteiger partial charge < -0.3 is 20.4 Å². The van der Waals surface area contributed by atoms with Gasteiger partial charge in [-0.3, -0.25) is 4.79 Å². The molecule has 1 fully saturated rings. The van der Waals surface area contributed by atoms with Gasteiger partial charge in [-0.15, -0.1) is 0 Å². The van der Waals surface area contributed by atoms with Crippen molar-refractivity contribution < 1.29 is 14.0 Å². The van der Waals surface area contributed by atoms with Gasteiger partial charge in [-0.05, 0) is 55.3 Å². The summed E-state index contributed by atoms with van der Waals surface area (Å²) in [7, 11) is 0. The number of amides is 3. The van der Waals surface area contributed by atoms with Crippen LogP contribution in [-0.4, -0.2) is 16.9 Å². The second kappa shape index (κ2) is 9.00. The Kier molecular flexibility index (Phi) is 5.59. The fourth-order valence-corrected chi connectivity index (χ4v) is 3.50. The number of nitrogens with zero attached hydrogens (tertiary/aromatic N) is 1. The van der Waals surface area contributed by atoms with Crippen LogP contribution in [0.4, 0.5) is 21.9 Å². The summed E-state index contributed by atoms with van der Waals surface area (Å²) in [6.07, 6.45) is 1.97. The molecule has 0 bridgehead atoms. The highest BCUT2D eigenvalue weighted by Gasteiger charge is 2.34. The van der Waals surface area contributed by atoms with Gasteiger partial charge in [0.1, 0.15) is 5.76 Å². The van der Waals surface area contributed by atoms with Crippen molar-refractivity contribution in [3.63, 3.8) is 0 Å². The van der Waals surface area contributed by atoms with Gasteiger partial charge in [-0.1, -0.05) is 42.5 Å². The van der Waals surface area contributed by atoms with Crippen molar-refractivity contribution in [3.8, 4) is 11.5 Å². The number of carbonyl (C=O) groups excluding carboxylic acids is 2. The largest absolute Gasteiger partial charge is 0.440 e. The van der Waals surface area contributed by atoms with E-state index < -0.39 is 0 Å². The number of para-hydroxylation sites is 1. The van der Waals surface area contributed by atoms with Crippen molar-refractivity contribution in [2.24, 2.45) is 0 Å². The fourth-order valence-electron chi connectivity index (χ4n) is 3.50. The molecule has 0 unspecified atom stereocenters. The minimum absolute atomic E-state index is 0.227. The van der Waals surface area contributed by atoms with Crippen LogP contribution in [0.5, 0.6) is 0 Å². The van der Waals surface area contributed by atoms with E-state index in [9.17, 15) is 9.59 Å². The van der Waals surface area contributed by atoms with Gasteiger partial charge in [0, 0.05) is 28.5 Å². The highest BCUT2D eigenvalue weighted by Crippen LogP contribution is 2.43. The lowest BCUT2D eigenvalue weighted by Gasteiger charge is -2.10. The third-order valence-corrected chi connectivity index (χ3v) is 5.25. The van der Waals surface area contributed by atoms with E-state index in [0.29, 0.717) is 34.4 Å². The second-order valence-corrected chi connectivity index (χ2v) is 7.85. The molecule has 3 aromatic carbocycles. The van der Waals surface area contributed by atoms with E-state index in [1.807, 2.05) is 48.5 Å². The van der Waals surface area contributed by atoms with Gasteiger partial charge in [-0.2, -0.15) is 0 Å². The first-order valence-corrected chi connectivity index (χ1v) is 10.8. The van der Waals surface area contributed by atoms with Crippen LogP contribution < -0.4 is 16.0 Å². The molecule has 0 saturated heterocycles. The summed E-state index contributed by atoms with van der Waals surface area (Å²) >= 11 is 0. The van der Waals surface area contributed by atoms with E-state index in [-0.39, 0.29) is 17.9 Å². The normalized spacial score (nSPS) is 12.7. The highest BCUT2D eigenvalue weighted by atomic mass is 16.4. The lowest BCUT2D eigenvalue weighted by molar-refractivity contribution is 0.102. The summed E-state index contributed by atoms with van der Waals surface area (Å²) in [6, 6.07) is 25.3. The lowest BCUT2D eigenvalue weighted by Crippen LogP contribution is -2.19. The molecule has 7 nitrogen and oxygen atoms in total. The molecule has 1 aliphatic rings. The molecule has 1 aromatic heterocycles. The molecule has 0 atom stereocenters. The van der Waals surface area contributed by atoms with Crippen LogP contribution in [0.1, 0.15) is 35.0 Å². The highest BCUT2D eigenvalue weighted by molar-refractivity contribution is 6.05. The Balaban J connectivity index is 1.30. The molecule has 3 N–H and O–H groups in total. The Morgan fingerprint density at radius 3 is 2.06 bits per heavy atom. The minimum atomic E-state index is -0.371. The Hall–Kier alpha value is -4.39. The zero-order valence-corrected chi connectivity index (χ0v) is 17.7. The van der Waals surface area contributed by atoms with E-state index in [1.165, 1.54) is 0 Å². The number of aromatic nitrogens is 1. The van der Waals surface area contributed by atoms with E-state index in [2.05, 4.69) is 20.9 Å². The number of carbonyl (C=O) groups is 2. The quantitative estimate of drug-likeness (QED) is 0.338. The van der Waals surface area contributed by atoms with Crippen LogP contribution in [0.15, 0.2) is 89.3 Å². The topological polar surface area (TPSA) is 96.3 Å². The van der Waals surface area contributed by atoms with Crippen LogP contribution in [0, 0.1) is 0 Å². The molecule has 0 aliphatic heterocycles. The van der Waals surface area contributed by atoms with Gasteiger partial charge in [0.25, 0.3) is 5.91 Å². The predicted octanol–water partition coefficient (Wildman–Crippen LogP) is 6.12. The molecule has 5 rings (SSSR count). The number of anilines is 3.